The molecule has 2 N–H and O–H groups in total. The Kier molecular flexibility index (Phi) is 4.04. The van der Waals surface area contributed by atoms with E-state index in [0.717, 1.165) is 28.9 Å². The molecule has 1 aromatic heterocycles. The molecule has 1 aromatic rings. The molecule has 2 unspecified atom stereocenters. The highest BCUT2D eigenvalue weighted by Crippen LogP contribution is 2.27. The van der Waals surface area contributed by atoms with Gasteiger partial charge in [-0.1, -0.05) is 19.8 Å². The monoisotopic (exact) mass is 248 g/mol. The van der Waals surface area contributed by atoms with E-state index >= 15 is 0 Å². The molecule has 100 valence electrons. The van der Waals surface area contributed by atoms with Crippen LogP contribution in [-0.2, 0) is 0 Å². The summed E-state index contributed by atoms with van der Waals surface area (Å²) in [5, 5.41) is 6.74. The Bertz CT molecular complexity index is 417. The first-order valence-electron chi connectivity index (χ1n) is 6.89. The normalized spacial score (nSPS) is 23.8. The third-order valence-electron chi connectivity index (χ3n) is 3.77. The van der Waals surface area contributed by atoms with Crippen LogP contribution in [-0.4, -0.2) is 23.1 Å². The van der Waals surface area contributed by atoms with Gasteiger partial charge in [-0.2, -0.15) is 0 Å². The van der Waals surface area contributed by atoms with E-state index in [0.29, 0.717) is 6.04 Å². The molecule has 18 heavy (non-hydrogen) atoms. The quantitative estimate of drug-likeness (QED) is 0.863. The van der Waals surface area contributed by atoms with E-state index in [1.54, 1.807) is 0 Å². The van der Waals surface area contributed by atoms with Crippen LogP contribution in [0.2, 0.25) is 0 Å². The summed E-state index contributed by atoms with van der Waals surface area (Å²) in [6.45, 7) is 6.35. The highest BCUT2D eigenvalue weighted by Gasteiger charge is 2.20. The maximum atomic E-state index is 4.54. The van der Waals surface area contributed by atoms with Gasteiger partial charge in [0.25, 0.3) is 0 Å². The lowest BCUT2D eigenvalue weighted by molar-refractivity contribution is 0.358. The molecule has 0 spiro atoms. The standard InChI is InChI=1S/C14H24N4/c1-9-6-5-7-12(8-9)18-14-10(2)13(15-4)16-11(3)17-14/h9,12H,5-8H2,1-4H3,(H2,15,16,17,18). The Morgan fingerprint density at radius 1 is 1.11 bits per heavy atom. The van der Waals surface area contributed by atoms with E-state index in [2.05, 4.69) is 34.4 Å². The fourth-order valence-corrected chi connectivity index (χ4v) is 2.77. The molecule has 0 aliphatic heterocycles. The van der Waals surface area contributed by atoms with Crippen molar-refractivity contribution in [3.05, 3.63) is 11.4 Å². The van der Waals surface area contributed by atoms with Gasteiger partial charge >= 0.3 is 0 Å². The SMILES string of the molecule is CNc1nc(C)nc(NC2CCCC(C)C2)c1C. The molecular weight excluding hydrogens is 224 g/mol. The number of rotatable bonds is 3. The number of aromatic nitrogens is 2. The van der Waals surface area contributed by atoms with Gasteiger partial charge in [-0.3, -0.25) is 0 Å². The summed E-state index contributed by atoms with van der Waals surface area (Å²) >= 11 is 0. The summed E-state index contributed by atoms with van der Waals surface area (Å²) in [4.78, 5) is 8.94. The minimum absolute atomic E-state index is 0.562. The Morgan fingerprint density at radius 3 is 2.50 bits per heavy atom. The first kappa shape index (κ1) is 13.1. The van der Waals surface area contributed by atoms with Gasteiger partial charge in [0.05, 0.1) is 0 Å². The van der Waals surface area contributed by atoms with Crippen molar-refractivity contribution in [1.29, 1.82) is 0 Å². The zero-order valence-corrected chi connectivity index (χ0v) is 11.9. The van der Waals surface area contributed by atoms with Crippen LogP contribution in [0.5, 0.6) is 0 Å². The minimum Gasteiger partial charge on any atom is -0.373 e. The van der Waals surface area contributed by atoms with E-state index in [4.69, 9.17) is 0 Å². The highest BCUT2D eigenvalue weighted by atomic mass is 15.1. The zero-order valence-electron chi connectivity index (χ0n) is 11.9. The molecule has 1 aliphatic carbocycles. The molecule has 1 saturated carbocycles. The van der Waals surface area contributed by atoms with Crippen molar-refractivity contribution in [2.75, 3.05) is 17.7 Å². The van der Waals surface area contributed by atoms with Gasteiger partial charge in [0, 0.05) is 18.7 Å². The van der Waals surface area contributed by atoms with Gasteiger partial charge in [0.1, 0.15) is 17.5 Å². The van der Waals surface area contributed by atoms with Crippen molar-refractivity contribution in [2.24, 2.45) is 5.92 Å². The first-order valence-corrected chi connectivity index (χ1v) is 6.89. The second kappa shape index (κ2) is 5.55. The molecule has 0 radical (unpaired) electrons. The highest BCUT2D eigenvalue weighted by molar-refractivity contribution is 5.57. The second-order valence-electron chi connectivity index (χ2n) is 5.46. The number of nitrogens with zero attached hydrogens (tertiary/aromatic N) is 2. The van der Waals surface area contributed by atoms with Crippen LogP contribution in [0.25, 0.3) is 0 Å². The maximum absolute atomic E-state index is 4.54. The summed E-state index contributed by atoms with van der Waals surface area (Å²) < 4.78 is 0. The van der Waals surface area contributed by atoms with Crippen molar-refractivity contribution in [3.63, 3.8) is 0 Å². The average Bonchev–Trinajstić information content (AvgIpc) is 2.33. The summed E-state index contributed by atoms with van der Waals surface area (Å²) in [5.74, 6) is 3.55. The van der Waals surface area contributed by atoms with Crippen LogP contribution in [0, 0.1) is 19.8 Å². The van der Waals surface area contributed by atoms with Gasteiger partial charge in [0.15, 0.2) is 0 Å². The second-order valence-corrected chi connectivity index (χ2v) is 5.46. The van der Waals surface area contributed by atoms with Crippen LogP contribution in [0.3, 0.4) is 0 Å². The average molecular weight is 248 g/mol. The van der Waals surface area contributed by atoms with Gasteiger partial charge in [-0.15, -0.1) is 0 Å². The Balaban J connectivity index is 2.15. The lowest BCUT2D eigenvalue weighted by Crippen LogP contribution is -2.27. The molecule has 1 heterocycles. The first-order chi connectivity index (χ1) is 8.60. The summed E-state index contributed by atoms with van der Waals surface area (Å²) in [5.41, 5.74) is 1.11. The van der Waals surface area contributed by atoms with Crippen molar-refractivity contribution in [1.82, 2.24) is 9.97 Å². The van der Waals surface area contributed by atoms with Crippen LogP contribution in [0.1, 0.15) is 44.0 Å². The number of nitrogens with one attached hydrogen (secondary N) is 2. The fourth-order valence-electron chi connectivity index (χ4n) is 2.77. The Hall–Kier alpha value is -1.32. The van der Waals surface area contributed by atoms with E-state index in [1.165, 1.54) is 25.7 Å². The molecular formula is C14H24N4. The van der Waals surface area contributed by atoms with Crippen LogP contribution in [0.4, 0.5) is 11.6 Å². The largest absolute Gasteiger partial charge is 0.373 e. The molecule has 0 amide bonds. The maximum Gasteiger partial charge on any atom is 0.134 e. The topological polar surface area (TPSA) is 49.8 Å². The van der Waals surface area contributed by atoms with Crippen LogP contribution < -0.4 is 10.6 Å². The summed E-state index contributed by atoms with van der Waals surface area (Å²) in [6, 6.07) is 0.562. The number of aryl methyl sites for hydroxylation is 1. The van der Waals surface area contributed by atoms with Crippen LogP contribution >= 0.6 is 0 Å². The third-order valence-corrected chi connectivity index (χ3v) is 3.77. The Morgan fingerprint density at radius 2 is 1.83 bits per heavy atom. The lowest BCUT2D eigenvalue weighted by atomic mass is 9.87. The van der Waals surface area contributed by atoms with E-state index in [9.17, 15) is 0 Å². The molecule has 4 nitrogen and oxygen atoms in total. The van der Waals surface area contributed by atoms with Gasteiger partial charge < -0.3 is 10.6 Å². The summed E-state index contributed by atoms with van der Waals surface area (Å²) in [6.07, 6.45) is 5.18. The van der Waals surface area contributed by atoms with Gasteiger partial charge in [0.2, 0.25) is 0 Å². The van der Waals surface area contributed by atoms with Crippen LogP contribution in [0.15, 0.2) is 0 Å². The predicted octanol–water partition coefficient (Wildman–Crippen LogP) is 3.13. The van der Waals surface area contributed by atoms with Crippen molar-refractivity contribution >= 4 is 11.6 Å². The zero-order chi connectivity index (χ0) is 13.1. The number of anilines is 2. The molecule has 0 saturated heterocycles. The molecule has 4 heteroatoms. The van der Waals surface area contributed by atoms with E-state index in [-0.39, 0.29) is 0 Å². The molecule has 1 fully saturated rings. The van der Waals surface area contributed by atoms with Crippen molar-refractivity contribution < 1.29 is 0 Å². The Labute approximate surface area is 110 Å². The van der Waals surface area contributed by atoms with Gasteiger partial charge in [-0.25, -0.2) is 9.97 Å². The van der Waals surface area contributed by atoms with Gasteiger partial charge in [-0.05, 0) is 32.6 Å². The fraction of sp³-hybridized carbons (Fsp3) is 0.714. The minimum atomic E-state index is 0.562. The molecule has 2 atom stereocenters. The lowest BCUT2D eigenvalue weighted by Gasteiger charge is -2.28. The molecule has 0 bridgehead atoms. The predicted molar refractivity (Wildman–Crippen MR) is 76.1 cm³/mol. The molecule has 0 aromatic carbocycles. The number of hydrogen-bond donors (Lipinski definition) is 2. The summed E-state index contributed by atoms with van der Waals surface area (Å²) in [7, 11) is 1.90. The van der Waals surface area contributed by atoms with E-state index < -0.39 is 0 Å². The smallest absolute Gasteiger partial charge is 0.134 e. The third kappa shape index (κ3) is 2.92. The van der Waals surface area contributed by atoms with Crippen molar-refractivity contribution in [2.45, 2.75) is 52.5 Å². The van der Waals surface area contributed by atoms with Crippen molar-refractivity contribution in [3.8, 4) is 0 Å². The number of hydrogen-bond acceptors (Lipinski definition) is 4. The molecule has 1 aliphatic rings. The van der Waals surface area contributed by atoms with E-state index in [1.807, 2.05) is 14.0 Å². The molecule has 2 rings (SSSR count).